The Balaban J connectivity index is 1.88. The summed E-state index contributed by atoms with van der Waals surface area (Å²) in [6, 6.07) is 0. The number of carbonyl (C=O) groups is 2. The summed E-state index contributed by atoms with van der Waals surface area (Å²) >= 11 is 1.21. The first kappa shape index (κ1) is 14.7. The van der Waals surface area contributed by atoms with E-state index in [0.29, 0.717) is 46.6 Å². The zero-order valence-electron chi connectivity index (χ0n) is 12.0. The number of piperidine rings is 1. The fraction of sp³-hybridized carbons (Fsp3) is 0.429. The molecule has 0 unspecified atom stereocenters. The molecule has 2 N–H and O–H groups in total. The Morgan fingerprint density at radius 2 is 2.09 bits per heavy atom. The number of nitrogens with one attached hydrogen (secondary N) is 1. The number of aromatic amines is 1. The summed E-state index contributed by atoms with van der Waals surface area (Å²) in [6.07, 6.45) is 2.25. The smallest absolute Gasteiger partial charge is 0.306 e. The third-order valence-corrected chi connectivity index (χ3v) is 5.25. The molecule has 3 rings (SSSR count). The van der Waals surface area contributed by atoms with Crippen molar-refractivity contribution in [3.63, 3.8) is 0 Å². The Morgan fingerprint density at radius 1 is 1.41 bits per heavy atom. The molecular weight excluding hydrogens is 306 g/mol. The number of aromatic nitrogens is 2. The van der Waals surface area contributed by atoms with Gasteiger partial charge in [-0.3, -0.25) is 14.4 Å². The lowest BCUT2D eigenvalue weighted by atomic mass is 9.97. The van der Waals surface area contributed by atoms with Crippen molar-refractivity contribution in [2.45, 2.75) is 19.8 Å². The highest BCUT2D eigenvalue weighted by Gasteiger charge is 2.29. The molecule has 2 aromatic rings. The number of fused-ring (bicyclic) bond motifs is 1. The number of hydrogen-bond donors (Lipinski definition) is 2. The zero-order valence-corrected chi connectivity index (χ0v) is 12.8. The van der Waals surface area contributed by atoms with Gasteiger partial charge in [0, 0.05) is 13.1 Å². The maximum Gasteiger partial charge on any atom is 0.306 e. The van der Waals surface area contributed by atoms with Gasteiger partial charge in [-0.15, -0.1) is 11.3 Å². The lowest BCUT2D eigenvalue weighted by Crippen LogP contribution is -2.40. The highest BCUT2D eigenvalue weighted by Crippen LogP contribution is 2.29. The molecule has 1 fully saturated rings. The third-order valence-electron chi connectivity index (χ3n) is 4.06. The van der Waals surface area contributed by atoms with Crippen LogP contribution in [0.15, 0.2) is 11.1 Å². The van der Waals surface area contributed by atoms with Gasteiger partial charge in [-0.2, -0.15) is 0 Å². The quantitative estimate of drug-likeness (QED) is 0.866. The maximum atomic E-state index is 12.6. The molecule has 0 atom stereocenters. The van der Waals surface area contributed by atoms with Crippen LogP contribution in [0, 0.1) is 12.8 Å². The van der Waals surface area contributed by atoms with E-state index in [1.54, 1.807) is 11.8 Å². The summed E-state index contributed by atoms with van der Waals surface area (Å²) in [4.78, 5) is 44.8. The number of aliphatic carboxylic acids is 1. The van der Waals surface area contributed by atoms with Crippen LogP contribution in [0.4, 0.5) is 0 Å². The van der Waals surface area contributed by atoms with Crippen molar-refractivity contribution >= 4 is 33.4 Å². The van der Waals surface area contributed by atoms with E-state index >= 15 is 0 Å². The van der Waals surface area contributed by atoms with Gasteiger partial charge in [0.15, 0.2) is 0 Å². The van der Waals surface area contributed by atoms with Crippen molar-refractivity contribution in [1.82, 2.24) is 14.9 Å². The number of hydrogen-bond acceptors (Lipinski definition) is 5. The van der Waals surface area contributed by atoms with Crippen LogP contribution in [0.2, 0.25) is 0 Å². The van der Waals surface area contributed by atoms with Gasteiger partial charge < -0.3 is 15.0 Å². The number of aryl methyl sites for hydroxylation is 1. The monoisotopic (exact) mass is 321 g/mol. The van der Waals surface area contributed by atoms with Crippen LogP contribution in [0.3, 0.4) is 0 Å². The van der Waals surface area contributed by atoms with Crippen molar-refractivity contribution in [1.29, 1.82) is 0 Å². The molecule has 0 radical (unpaired) electrons. The predicted molar refractivity (Wildman–Crippen MR) is 81.2 cm³/mol. The van der Waals surface area contributed by atoms with E-state index in [9.17, 15) is 14.4 Å². The van der Waals surface area contributed by atoms with Gasteiger partial charge in [0.25, 0.3) is 11.5 Å². The predicted octanol–water partition coefficient (Wildman–Crippen LogP) is 1.23. The Morgan fingerprint density at radius 3 is 2.68 bits per heavy atom. The number of thiophene rings is 1. The van der Waals surface area contributed by atoms with Crippen LogP contribution in [0.25, 0.3) is 10.2 Å². The van der Waals surface area contributed by atoms with E-state index in [1.165, 1.54) is 17.7 Å². The number of H-pyrrole nitrogens is 1. The average molecular weight is 321 g/mol. The molecule has 0 bridgehead atoms. The SMILES string of the molecule is Cc1c(C(=O)N2CCC(C(=O)O)CC2)sc2nc[nH]c(=O)c12. The maximum absolute atomic E-state index is 12.6. The van der Waals surface area contributed by atoms with E-state index in [0.717, 1.165) is 0 Å². The molecule has 3 heterocycles. The van der Waals surface area contributed by atoms with Gasteiger partial charge in [-0.25, -0.2) is 4.98 Å². The number of rotatable bonds is 2. The molecule has 0 aliphatic carbocycles. The first-order valence-corrected chi connectivity index (χ1v) is 7.79. The number of nitrogens with zero attached hydrogens (tertiary/aromatic N) is 2. The third kappa shape index (κ3) is 2.39. The minimum Gasteiger partial charge on any atom is -0.481 e. The summed E-state index contributed by atoms with van der Waals surface area (Å²) < 4.78 is 0. The van der Waals surface area contributed by atoms with Crippen LogP contribution < -0.4 is 5.56 Å². The molecule has 22 heavy (non-hydrogen) atoms. The fourth-order valence-electron chi connectivity index (χ4n) is 2.76. The second-order valence-electron chi connectivity index (χ2n) is 5.37. The van der Waals surface area contributed by atoms with E-state index in [4.69, 9.17) is 5.11 Å². The number of carbonyl (C=O) groups excluding carboxylic acids is 1. The summed E-state index contributed by atoms with van der Waals surface area (Å²) in [7, 11) is 0. The Labute approximate surface area is 129 Å². The van der Waals surface area contributed by atoms with Gasteiger partial charge in [-0.1, -0.05) is 0 Å². The zero-order chi connectivity index (χ0) is 15.9. The number of carboxylic acid groups (broad SMARTS) is 1. The molecule has 0 spiro atoms. The van der Waals surface area contributed by atoms with Crippen LogP contribution in [0.5, 0.6) is 0 Å². The van der Waals surface area contributed by atoms with E-state index in [1.807, 2.05) is 0 Å². The summed E-state index contributed by atoms with van der Waals surface area (Å²) in [6.45, 7) is 2.59. The average Bonchev–Trinajstić information content (AvgIpc) is 2.85. The minimum atomic E-state index is -0.805. The fourth-order valence-corrected chi connectivity index (χ4v) is 3.87. The number of amides is 1. The molecule has 116 valence electrons. The Bertz CT molecular complexity index is 802. The molecular formula is C14H15N3O4S. The van der Waals surface area contributed by atoms with Crippen molar-refractivity contribution in [2.24, 2.45) is 5.92 Å². The van der Waals surface area contributed by atoms with Crippen LogP contribution in [-0.2, 0) is 4.79 Å². The summed E-state index contributed by atoms with van der Waals surface area (Å²) in [5.41, 5.74) is 0.391. The molecule has 0 aromatic carbocycles. The van der Waals surface area contributed by atoms with Gasteiger partial charge >= 0.3 is 5.97 Å². The van der Waals surface area contributed by atoms with Gasteiger partial charge in [0.1, 0.15) is 4.83 Å². The lowest BCUT2D eigenvalue weighted by Gasteiger charge is -2.29. The van der Waals surface area contributed by atoms with Crippen molar-refractivity contribution in [3.8, 4) is 0 Å². The molecule has 1 aliphatic heterocycles. The van der Waals surface area contributed by atoms with Crippen LogP contribution >= 0.6 is 11.3 Å². The Hall–Kier alpha value is -2.22. The van der Waals surface area contributed by atoms with Crippen LogP contribution in [-0.4, -0.2) is 44.9 Å². The van der Waals surface area contributed by atoms with Gasteiger partial charge in [-0.05, 0) is 25.3 Å². The van der Waals surface area contributed by atoms with Crippen molar-refractivity contribution in [2.75, 3.05) is 13.1 Å². The minimum absolute atomic E-state index is 0.149. The first-order chi connectivity index (χ1) is 10.5. The lowest BCUT2D eigenvalue weighted by molar-refractivity contribution is -0.143. The van der Waals surface area contributed by atoms with Gasteiger partial charge in [0.2, 0.25) is 0 Å². The second kappa shape index (κ2) is 5.53. The number of carboxylic acids is 1. The molecule has 0 saturated carbocycles. The molecule has 1 aliphatic rings. The number of likely N-dealkylation sites (tertiary alicyclic amines) is 1. The van der Waals surface area contributed by atoms with E-state index < -0.39 is 5.97 Å². The van der Waals surface area contributed by atoms with Crippen molar-refractivity contribution in [3.05, 3.63) is 27.1 Å². The summed E-state index contributed by atoms with van der Waals surface area (Å²) in [5.74, 6) is -1.33. The second-order valence-corrected chi connectivity index (χ2v) is 6.37. The molecule has 1 saturated heterocycles. The topological polar surface area (TPSA) is 103 Å². The van der Waals surface area contributed by atoms with Crippen molar-refractivity contribution < 1.29 is 14.7 Å². The largest absolute Gasteiger partial charge is 0.481 e. The standard InChI is InChI=1S/C14H15N3O4S/c1-7-9-11(18)15-6-16-12(9)22-10(7)13(19)17-4-2-8(3-5-17)14(20)21/h6,8H,2-5H2,1H3,(H,20,21)(H,15,16,18). The van der Waals surface area contributed by atoms with E-state index in [2.05, 4.69) is 9.97 Å². The summed E-state index contributed by atoms with van der Waals surface area (Å²) in [5, 5.41) is 9.46. The molecule has 1 amide bonds. The Kier molecular flexibility index (Phi) is 3.69. The highest BCUT2D eigenvalue weighted by molar-refractivity contribution is 7.20. The molecule has 7 nitrogen and oxygen atoms in total. The molecule has 2 aromatic heterocycles. The van der Waals surface area contributed by atoms with Crippen LogP contribution in [0.1, 0.15) is 28.1 Å². The van der Waals surface area contributed by atoms with Gasteiger partial charge in [0.05, 0.1) is 22.5 Å². The highest BCUT2D eigenvalue weighted by atomic mass is 32.1. The normalized spacial score (nSPS) is 16.1. The molecule has 8 heteroatoms. The van der Waals surface area contributed by atoms with E-state index in [-0.39, 0.29) is 17.4 Å². The first-order valence-electron chi connectivity index (χ1n) is 6.98.